The van der Waals surface area contributed by atoms with Gasteiger partial charge in [-0.25, -0.2) is 0 Å². The molecule has 2 aromatic rings. The molecule has 1 aliphatic rings. The van der Waals surface area contributed by atoms with Gasteiger partial charge in [-0.2, -0.15) is 4.80 Å². The second-order valence-electron chi connectivity index (χ2n) is 4.86. The summed E-state index contributed by atoms with van der Waals surface area (Å²) in [5, 5.41) is 12.2. The van der Waals surface area contributed by atoms with Crippen LogP contribution in [0.2, 0.25) is 0 Å². The average Bonchev–Trinajstić information content (AvgIpc) is 2.97. The maximum atomic E-state index is 12.1. The molecule has 0 radical (unpaired) electrons. The van der Waals surface area contributed by atoms with Crippen molar-refractivity contribution in [3.63, 3.8) is 0 Å². The van der Waals surface area contributed by atoms with Crippen LogP contribution in [0.3, 0.4) is 0 Å². The molecule has 0 bridgehead atoms. The zero-order chi connectivity index (χ0) is 13.8. The van der Waals surface area contributed by atoms with Crippen LogP contribution >= 0.6 is 0 Å². The van der Waals surface area contributed by atoms with Crippen molar-refractivity contribution in [2.45, 2.75) is 19.4 Å². The molecule has 1 fully saturated rings. The van der Waals surface area contributed by atoms with E-state index in [1.807, 2.05) is 30.3 Å². The number of benzene rings is 1. The molecule has 0 amide bonds. The molecular formula is C14H16N4O2. The molecular weight excluding hydrogens is 256 g/mol. The van der Waals surface area contributed by atoms with Gasteiger partial charge in [0.25, 0.3) is 0 Å². The molecule has 0 atom stereocenters. The monoisotopic (exact) mass is 272 g/mol. The molecule has 0 aliphatic carbocycles. The van der Waals surface area contributed by atoms with E-state index in [-0.39, 0.29) is 18.2 Å². The lowest BCUT2D eigenvalue weighted by molar-refractivity contribution is -0.126. The van der Waals surface area contributed by atoms with Crippen LogP contribution in [0.4, 0.5) is 0 Å². The van der Waals surface area contributed by atoms with E-state index < -0.39 is 0 Å². The van der Waals surface area contributed by atoms with Crippen LogP contribution in [0.25, 0.3) is 11.4 Å². The second kappa shape index (κ2) is 5.92. The van der Waals surface area contributed by atoms with Gasteiger partial charge in [-0.3, -0.25) is 4.79 Å². The zero-order valence-corrected chi connectivity index (χ0v) is 11.1. The molecule has 1 aliphatic heterocycles. The van der Waals surface area contributed by atoms with Crippen molar-refractivity contribution in [3.05, 3.63) is 30.3 Å². The van der Waals surface area contributed by atoms with E-state index in [1.54, 1.807) is 0 Å². The lowest BCUT2D eigenvalue weighted by atomic mass is 9.95. The van der Waals surface area contributed by atoms with Crippen molar-refractivity contribution in [3.8, 4) is 11.4 Å². The van der Waals surface area contributed by atoms with Crippen LogP contribution in [0.15, 0.2) is 30.3 Å². The van der Waals surface area contributed by atoms with Crippen LogP contribution in [-0.2, 0) is 16.1 Å². The lowest BCUT2D eigenvalue weighted by Gasteiger charge is -2.20. The van der Waals surface area contributed by atoms with Gasteiger partial charge in [0.1, 0.15) is 6.54 Å². The van der Waals surface area contributed by atoms with Gasteiger partial charge in [-0.15, -0.1) is 10.2 Å². The Balaban J connectivity index is 1.66. The van der Waals surface area contributed by atoms with Crippen molar-refractivity contribution in [2.75, 3.05) is 13.2 Å². The van der Waals surface area contributed by atoms with Gasteiger partial charge < -0.3 is 4.74 Å². The SMILES string of the molecule is O=C(Cn1nnc(-c2ccccc2)n1)C1CCOCC1. The number of ketones is 1. The van der Waals surface area contributed by atoms with Gasteiger partial charge in [-0.1, -0.05) is 30.3 Å². The number of tetrazole rings is 1. The minimum absolute atomic E-state index is 0.0647. The maximum absolute atomic E-state index is 12.1. The van der Waals surface area contributed by atoms with Crippen LogP contribution in [0.5, 0.6) is 0 Å². The minimum Gasteiger partial charge on any atom is -0.381 e. The zero-order valence-electron chi connectivity index (χ0n) is 11.1. The van der Waals surface area contributed by atoms with Crippen LogP contribution in [0, 0.1) is 5.92 Å². The molecule has 0 saturated carbocycles. The Kier molecular flexibility index (Phi) is 3.83. The standard InChI is InChI=1S/C14H16N4O2/c19-13(11-6-8-20-9-7-11)10-18-16-14(15-17-18)12-4-2-1-3-5-12/h1-5,11H,6-10H2. The molecule has 1 aromatic heterocycles. The van der Waals surface area contributed by atoms with E-state index in [0.29, 0.717) is 19.0 Å². The van der Waals surface area contributed by atoms with Crippen molar-refractivity contribution < 1.29 is 9.53 Å². The maximum Gasteiger partial charge on any atom is 0.204 e. The number of carbonyl (C=O) groups is 1. The van der Waals surface area contributed by atoms with Crippen molar-refractivity contribution >= 4 is 5.78 Å². The number of Topliss-reactive ketones (excluding diaryl/α,β-unsaturated/α-hetero) is 1. The lowest BCUT2D eigenvalue weighted by Crippen LogP contribution is -2.27. The molecule has 0 unspecified atom stereocenters. The summed E-state index contributed by atoms with van der Waals surface area (Å²) in [6.07, 6.45) is 1.58. The summed E-state index contributed by atoms with van der Waals surface area (Å²) >= 11 is 0. The second-order valence-corrected chi connectivity index (χ2v) is 4.86. The predicted molar refractivity (Wildman–Crippen MR) is 71.8 cm³/mol. The summed E-state index contributed by atoms with van der Waals surface area (Å²) in [5.41, 5.74) is 0.900. The molecule has 6 nitrogen and oxygen atoms in total. The fourth-order valence-corrected chi connectivity index (χ4v) is 2.30. The first kappa shape index (κ1) is 12.9. The first-order valence-corrected chi connectivity index (χ1v) is 6.76. The summed E-state index contributed by atoms with van der Waals surface area (Å²) in [6.45, 7) is 1.51. The molecule has 0 spiro atoms. The quantitative estimate of drug-likeness (QED) is 0.840. The number of ether oxygens (including phenoxy) is 1. The summed E-state index contributed by atoms with van der Waals surface area (Å²) in [7, 11) is 0. The Bertz CT molecular complexity index is 576. The minimum atomic E-state index is 0.0647. The van der Waals surface area contributed by atoms with Crippen molar-refractivity contribution in [1.29, 1.82) is 0 Å². The van der Waals surface area contributed by atoms with E-state index in [2.05, 4.69) is 15.4 Å². The third-order valence-corrected chi connectivity index (χ3v) is 3.46. The largest absolute Gasteiger partial charge is 0.381 e. The van der Waals surface area contributed by atoms with Gasteiger partial charge in [0.15, 0.2) is 5.78 Å². The third-order valence-electron chi connectivity index (χ3n) is 3.46. The average molecular weight is 272 g/mol. The number of rotatable bonds is 4. The fraction of sp³-hybridized carbons (Fsp3) is 0.429. The van der Waals surface area contributed by atoms with E-state index in [4.69, 9.17) is 4.74 Å². The Morgan fingerprint density at radius 2 is 2.00 bits per heavy atom. The highest BCUT2D eigenvalue weighted by atomic mass is 16.5. The molecule has 2 heterocycles. The highest BCUT2D eigenvalue weighted by Crippen LogP contribution is 2.17. The number of aromatic nitrogens is 4. The number of nitrogens with zero attached hydrogens (tertiary/aromatic N) is 4. The molecule has 1 saturated heterocycles. The molecule has 0 N–H and O–H groups in total. The van der Waals surface area contributed by atoms with Gasteiger partial charge >= 0.3 is 0 Å². The van der Waals surface area contributed by atoms with Gasteiger partial charge in [0.2, 0.25) is 5.82 Å². The highest BCUT2D eigenvalue weighted by molar-refractivity contribution is 5.80. The van der Waals surface area contributed by atoms with Crippen LogP contribution < -0.4 is 0 Å². The normalized spacial score (nSPS) is 16.2. The number of carbonyl (C=O) groups excluding carboxylic acids is 1. The first-order chi connectivity index (χ1) is 9.83. The third kappa shape index (κ3) is 2.91. The van der Waals surface area contributed by atoms with E-state index in [9.17, 15) is 4.79 Å². The van der Waals surface area contributed by atoms with Crippen LogP contribution in [0.1, 0.15) is 12.8 Å². The number of hydrogen-bond donors (Lipinski definition) is 0. The topological polar surface area (TPSA) is 69.9 Å². The number of hydrogen-bond acceptors (Lipinski definition) is 5. The summed E-state index contributed by atoms with van der Waals surface area (Å²) < 4.78 is 5.26. The van der Waals surface area contributed by atoms with Crippen molar-refractivity contribution in [1.82, 2.24) is 20.2 Å². The van der Waals surface area contributed by atoms with Gasteiger partial charge in [0.05, 0.1) is 0 Å². The van der Waals surface area contributed by atoms with E-state index in [1.165, 1.54) is 4.80 Å². The Hall–Kier alpha value is -2.08. The Morgan fingerprint density at radius 1 is 1.25 bits per heavy atom. The smallest absolute Gasteiger partial charge is 0.204 e. The summed E-state index contributed by atoms with van der Waals surface area (Å²) in [4.78, 5) is 13.5. The first-order valence-electron chi connectivity index (χ1n) is 6.76. The Labute approximate surface area is 116 Å². The van der Waals surface area contributed by atoms with Crippen molar-refractivity contribution in [2.24, 2.45) is 5.92 Å². The van der Waals surface area contributed by atoms with E-state index in [0.717, 1.165) is 18.4 Å². The highest BCUT2D eigenvalue weighted by Gasteiger charge is 2.22. The predicted octanol–water partition coefficient (Wildman–Crippen LogP) is 1.34. The van der Waals surface area contributed by atoms with Gasteiger partial charge in [-0.05, 0) is 18.1 Å². The van der Waals surface area contributed by atoms with Crippen LogP contribution in [-0.4, -0.2) is 39.2 Å². The molecule has 3 rings (SSSR count). The molecule has 1 aromatic carbocycles. The Morgan fingerprint density at radius 3 is 2.75 bits per heavy atom. The summed E-state index contributed by atoms with van der Waals surface area (Å²) in [5.74, 6) is 0.769. The van der Waals surface area contributed by atoms with E-state index >= 15 is 0 Å². The molecule has 20 heavy (non-hydrogen) atoms. The summed E-state index contributed by atoms with van der Waals surface area (Å²) in [6, 6.07) is 9.61. The fourth-order valence-electron chi connectivity index (χ4n) is 2.30. The molecule has 104 valence electrons. The van der Waals surface area contributed by atoms with Gasteiger partial charge in [0, 0.05) is 24.7 Å². The molecule has 6 heteroatoms.